The van der Waals surface area contributed by atoms with Gasteiger partial charge in [-0.1, -0.05) is 0 Å². The van der Waals surface area contributed by atoms with Gasteiger partial charge in [0.2, 0.25) is 5.91 Å². The van der Waals surface area contributed by atoms with Gasteiger partial charge in [-0.3, -0.25) is 9.59 Å². The molecule has 2 aromatic rings. The first-order valence-corrected chi connectivity index (χ1v) is 8.00. The van der Waals surface area contributed by atoms with Crippen LogP contribution in [-0.4, -0.2) is 22.6 Å². The van der Waals surface area contributed by atoms with Crippen LogP contribution in [0.15, 0.2) is 41.1 Å². The number of nitrogens with one attached hydrogen (secondary N) is 3. The number of rotatable bonds is 4. The van der Waals surface area contributed by atoms with Crippen molar-refractivity contribution in [2.45, 2.75) is 4.90 Å². The lowest BCUT2D eigenvalue weighted by Gasteiger charge is -2.19. The van der Waals surface area contributed by atoms with Gasteiger partial charge >= 0.3 is 0 Å². The molecule has 0 spiro atoms. The molecular formula is C15H16N6O2S. The largest absolute Gasteiger partial charge is 0.393 e. The molecule has 3 rings (SSSR count). The van der Waals surface area contributed by atoms with E-state index in [2.05, 4.69) is 15.6 Å². The van der Waals surface area contributed by atoms with E-state index in [0.29, 0.717) is 34.2 Å². The van der Waals surface area contributed by atoms with Crippen LogP contribution >= 0.6 is 11.8 Å². The predicted molar refractivity (Wildman–Crippen MR) is 94.9 cm³/mol. The van der Waals surface area contributed by atoms with Gasteiger partial charge in [0.1, 0.15) is 11.5 Å². The Bertz CT molecular complexity index is 857. The van der Waals surface area contributed by atoms with Gasteiger partial charge in [0.15, 0.2) is 0 Å². The van der Waals surface area contributed by atoms with Gasteiger partial charge in [-0.15, -0.1) is 11.8 Å². The summed E-state index contributed by atoms with van der Waals surface area (Å²) in [6.45, 7) is 0. The summed E-state index contributed by atoms with van der Waals surface area (Å²) < 4.78 is 0. The Labute approximate surface area is 141 Å². The van der Waals surface area contributed by atoms with Gasteiger partial charge in [0, 0.05) is 22.3 Å². The quantitative estimate of drug-likeness (QED) is 0.453. The van der Waals surface area contributed by atoms with Crippen molar-refractivity contribution in [3.8, 4) is 0 Å². The molecule has 8 nitrogen and oxygen atoms in total. The molecule has 0 aliphatic carbocycles. The number of nitrogen functional groups attached to an aromatic ring is 1. The highest BCUT2D eigenvalue weighted by Crippen LogP contribution is 2.34. The number of primary amides is 1. The molecule has 0 saturated carbocycles. The molecular weight excluding hydrogens is 328 g/mol. The number of hydrogen-bond donors (Lipinski definition) is 6. The monoisotopic (exact) mass is 344 g/mol. The van der Waals surface area contributed by atoms with Gasteiger partial charge in [-0.2, -0.15) is 0 Å². The Morgan fingerprint density at radius 2 is 2.04 bits per heavy atom. The van der Waals surface area contributed by atoms with Crippen molar-refractivity contribution < 1.29 is 9.59 Å². The molecule has 0 radical (unpaired) electrons. The Hall–Kier alpha value is -3.07. The summed E-state index contributed by atoms with van der Waals surface area (Å²) in [5.41, 5.74) is 19.0. The summed E-state index contributed by atoms with van der Waals surface area (Å²) in [4.78, 5) is 26.8. The van der Waals surface area contributed by atoms with E-state index in [1.807, 2.05) is 12.1 Å². The van der Waals surface area contributed by atoms with Crippen molar-refractivity contribution in [2.75, 3.05) is 22.1 Å². The number of H-pyrrole nitrogens is 1. The zero-order chi connectivity index (χ0) is 17.3. The minimum Gasteiger partial charge on any atom is -0.393 e. The number of fused-ring (bicyclic) bond motifs is 1. The van der Waals surface area contributed by atoms with Gasteiger partial charge in [-0.25, -0.2) is 0 Å². The first kappa shape index (κ1) is 15.8. The van der Waals surface area contributed by atoms with Crippen molar-refractivity contribution in [3.63, 3.8) is 0 Å². The number of nitrogens with two attached hydrogens (primary N) is 3. The van der Waals surface area contributed by atoms with E-state index in [-0.39, 0.29) is 11.6 Å². The summed E-state index contributed by atoms with van der Waals surface area (Å²) in [5.74, 6) is -0.0882. The molecule has 1 aliphatic heterocycles. The normalized spacial score (nSPS) is 14.4. The second-order valence-electron chi connectivity index (χ2n) is 5.13. The predicted octanol–water partition coefficient (Wildman–Crippen LogP) is 0.866. The van der Waals surface area contributed by atoms with E-state index in [9.17, 15) is 9.59 Å². The van der Waals surface area contributed by atoms with Crippen LogP contribution in [0.2, 0.25) is 0 Å². The molecule has 0 bridgehead atoms. The molecule has 2 heterocycles. The van der Waals surface area contributed by atoms with E-state index in [1.54, 1.807) is 18.3 Å². The Morgan fingerprint density at radius 1 is 1.25 bits per heavy atom. The van der Waals surface area contributed by atoms with Crippen LogP contribution in [0, 0.1) is 0 Å². The van der Waals surface area contributed by atoms with E-state index < -0.39 is 5.91 Å². The minimum atomic E-state index is -0.764. The lowest BCUT2D eigenvalue weighted by atomic mass is 10.1. The highest BCUT2D eigenvalue weighted by Gasteiger charge is 2.18. The average Bonchev–Trinajstić information content (AvgIpc) is 2.97. The molecule has 2 amide bonds. The maximum absolute atomic E-state index is 11.5. The lowest BCUT2D eigenvalue weighted by molar-refractivity contribution is -0.115. The standard InChI is InChI=1S/C15H16N6O2S/c16-12(15(18)23)13(8-3-4-19-14(8)17)20-7-1-2-10-9(5-7)21-11(22)6-24-10/h1-5,19-20H,6,16-17H2,(H2,18,23)(H,21,22)/b13-12+. The summed E-state index contributed by atoms with van der Waals surface area (Å²) in [6, 6.07) is 7.14. The Morgan fingerprint density at radius 3 is 2.71 bits per heavy atom. The second kappa shape index (κ2) is 6.20. The fraction of sp³-hybridized carbons (Fsp3) is 0.0667. The zero-order valence-corrected chi connectivity index (χ0v) is 13.4. The summed E-state index contributed by atoms with van der Waals surface area (Å²) in [6.07, 6.45) is 1.63. The maximum atomic E-state index is 11.5. The maximum Gasteiger partial charge on any atom is 0.266 e. The van der Waals surface area contributed by atoms with E-state index in [0.717, 1.165) is 4.90 Å². The summed E-state index contributed by atoms with van der Waals surface area (Å²) in [5, 5.41) is 5.86. The molecule has 0 saturated heterocycles. The summed E-state index contributed by atoms with van der Waals surface area (Å²) >= 11 is 1.46. The third kappa shape index (κ3) is 3.01. The van der Waals surface area contributed by atoms with Crippen LogP contribution in [0.25, 0.3) is 5.70 Å². The number of anilines is 3. The molecule has 9 heteroatoms. The van der Waals surface area contributed by atoms with Crippen LogP contribution in [0.1, 0.15) is 5.56 Å². The first-order valence-electron chi connectivity index (χ1n) is 7.02. The first-order chi connectivity index (χ1) is 11.5. The number of thioether (sulfide) groups is 1. The van der Waals surface area contributed by atoms with E-state index >= 15 is 0 Å². The average molecular weight is 344 g/mol. The van der Waals surface area contributed by atoms with Crippen LogP contribution in [0.3, 0.4) is 0 Å². The van der Waals surface area contributed by atoms with Crippen LogP contribution in [0.5, 0.6) is 0 Å². The number of hydrogen-bond acceptors (Lipinski definition) is 6. The third-order valence-electron chi connectivity index (χ3n) is 3.46. The molecule has 1 aromatic carbocycles. The van der Waals surface area contributed by atoms with Gasteiger partial charge in [0.25, 0.3) is 5.91 Å². The third-order valence-corrected chi connectivity index (χ3v) is 4.54. The SMILES string of the molecule is NC(=O)/C(N)=C(\Nc1ccc2c(c1)NC(=O)CS2)c1cc[nH]c1N. The molecule has 1 aromatic heterocycles. The van der Waals surface area contributed by atoms with Gasteiger partial charge < -0.3 is 32.8 Å². The fourth-order valence-electron chi connectivity index (χ4n) is 2.31. The summed E-state index contributed by atoms with van der Waals surface area (Å²) in [7, 11) is 0. The second-order valence-corrected chi connectivity index (χ2v) is 6.15. The van der Waals surface area contributed by atoms with Crippen molar-refractivity contribution in [3.05, 3.63) is 41.7 Å². The van der Waals surface area contributed by atoms with Gasteiger partial charge in [0.05, 0.1) is 17.1 Å². The zero-order valence-electron chi connectivity index (χ0n) is 12.6. The van der Waals surface area contributed by atoms with Crippen molar-refractivity contribution >= 4 is 46.5 Å². The van der Waals surface area contributed by atoms with E-state index in [1.165, 1.54) is 11.8 Å². The molecule has 0 unspecified atom stereocenters. The minimum absolute atomic E-state index is 0.0630. The van der Waals surface area contributed by atoms with Gasteiger partial charge in [-0.05, 0) is 24.3 Å². The molecule has 124 valence electrons. The number of benzene rings is 1. The van der Waals surface area contributed by atoms with Crippen LogP contribution in [0.4, 0.5) is 17.2 Å². The Kier molecular flexibility index (Phi) is 4.09. The van der Waals surface area contributed by atoms with Crippen LogP contribution in [-0.2, 0) is 9.59 Å². The molecule has 1 aliphatic rings. The van der Waals surface area contributed by atoms with Crippen molar-refractivity contribution in [1.82, 2.24) is 4.98 Å². The van der Waals surface area contributed by atoms with Crippen molar-refractivity contribution in [2.24, 2.45) is 11.5 Å². The smallest absolute Gasteiger partial charge is 0.266 e. The molecule has 0 fully saturated rings. The molecule has 0 atom stereocenters. The number of aromatic amines is 1. The Balaban J connectivity index is 1.99. The number of amides is 2. The van der Waals surface area contributed by atoms with E-state index in [4.69, 9.17) is 17.2 Å². The molecule has 9 N–H and O–H groups in total. The topological polar surface area (TPSA) is 152 Å². The highest BCUT2D eigenvalue weighted by molar-refractivity contribution is 8.00. The van der Waals surface area contributed by atoms with Crippen molar-refractivity contribution in [1.29, 1.82) is 0 Å². The number of carbonyl (C=O) groups excluding carboxylic acids is 2. The number of carbonyl (C=O) groups is 2. The number of aromatic nitrogens is 1. The lowest BCUT2D eigenvalue weighted by Crippen LogP contribution is -2.24. The molecule has 24 heavy (non-hydrogen) atoms. The van der Waals surface area contributed by atoms with Crippen LogP contribution < -0.4 is 27.8 Å². The highest BCUT2D eigenvalue weighted by atomic mass is 32.2. The fourth-order valence-corrected chi connectivity index (χ4v) is 3.10.